The highest BCUT2D eigenvalue weighted by molar-refractivity contribution is 9.10. The van der Waals surface area contributed by atoms with Gasteiger partial charge in [-0.15, -0.1) is 0 Å². The Kier molecular flexibility index (Phi) is 4.48. The SMILES string of the molecule is CSCC(=O)Nc1cc(Br)ccc1C. The quantitative estimate of drug-likeness (QED) is 0.917. The molecule has 0 saturated carbocycles. The molecule has 0 atom stereocenters. The minimum Gasteiger partial charge on any atom is -0.325 e. The van der Waals surface area contributed by atoms with E-state index in [1.807, 2.05) is 31.4 Å². The summed E-state index contributed by atoms with van der Waals surface area (Å²) in [4.78, 5) is 11.3. The zero-order chi connectivity index (χ0) is 10.6. The molecule has 14 heavy (non-hydrogen) atoms. The van der Waals surface area contributed by atoms with Gasteiger partial charge >= 0.3 is 0 Å². The van der Waals surface area contributed by atoms with Crippen molar-refractivity contribution in [3.63, 3.8) is 0 Å². The minimum absolute atomic E-state index is 0.0405. The summed E-state index contributed by atoms with van der Waals surface area (Å²) in [6, 6.07) is 5.84. The molecule has 0 aromatic heterocycles. The third-order valence-corrected chi connectivity index (χ3v) is 2.79. The van der Waals surface area contributed by atoms with E-state index in [1.54, 1.807) is 0 Å². The van der Waals surface area contributed by atoms with E-state index in [0.29, 0.717) is 5.75 Å². The van der Waals surface area contributed by atoms with Crippen LogP contribution in [0.5, 0.6) is 0 Å². The summed E-state index contributed by atoms with van der Waals surface area (Å²) in [5.41, 5.74) is 1.95. The van der Waals surface area contributed by atoms with Crippen LogP contribution in [0.15, 0.2) is 22.7 Å². The Morgan fingerprint density at radius 1 is 1.57 bits per heavy atom. The van der Waals surface area contributed by atoms with E-state index in [0.717, 1.165) is 15.7 Å². The molecule has 1 aromatic carbocycles. The van der Waals surface area contributed by atoms with Gasteiger partial charge in [-0.05, 0) is 30.9 Å². The molecule has 1 rings (SSSR count). The first-order valence-corrected chi connectivity index (χ1v) is 6.37. The first-order valence-electron chi connectivity index (χ1n) is 4.18. The van der Waals surface area contributed by atoms with Gasteiger partial charge in [0.1, 0.15) is 0 Å². The van der Waals surface area contributed by atoms with E-state index < -0.39 is 0 Å². The molecule has 0 aliphatic heterocycles. The molecule has 0 fully saturated rings. The number of hydrogen-bond acceptors (Lipinski definition) is 2. The second kappa shape index (κ2) is 5.41. The molecular weight excluding hydrogens is 262 g/mol. The Balaban J connectivity index is 2.75. The number of hydrogen-bond donors (Lipinski definition) is 1. The monoisotopic (exact) mass is 273 g/mol. The first kappa shape index (κ1) is 11.6. The van der Waals surface area contributed by atoms with Crippen LogP contribution in [0.25, 0.3) is 0 Å². The largest absolute Gasteiger partial charge is 0.325 e. The molecule has 0 unspecified atom stereocenters. The van der Waals surface area contributed by atoms with E-state index in [2.05, 4.69) is 21.2 Å². The summed E-state index contributed by atoms with van der Waals surface area (Å²) in [6.45, 7) is 1.97. The van der Waals surface area contributed by atoms with Gasteiger partial charge in [-0.1, -0.05) is 22.0 Å². The molecular formula is C10H12BrNOS. The van der Waals surface area contributed by atoms with Crippen LogP contribution in [0.4, 0.5) is 5.69 Å². The lowest BCUT2D eigenvalue weighted by molar-refractivity contribution is -0.113. The summed E-state index contributed by atoms with van der Waals surface area (Å²) in [5.74, 6) is 0.532. The van der Waals surface area contributed by atoms with E-state index >= 15 is 0 Å². The van der Waals surface area contributed by atoms with E-state index in [9.17, 15) is 4.79 Å². The Hall–Kier alpha value is -0.480. The van der Waals surface area contributed by atoms with Crippen molar-refractivity contribution >= 4 is 39.3 Å². The fourth-order valence-corrected chi connectivity index (χ4v) is 1.74. The summed E-state index contributed by atoms with van der Waals surface area (Å²) < 4.78 is 0.975. The predicted molar refractivity (Wildman–Crippen MR) is 65.9 cm³/mol. The van der Waals surface area contributed by atoms with E-state index in [4.69, 9.17) is 0 Å². The highest BCUT2D eigenvalue weighted by atomic mass is 79.9. The number of carbonyl (C=O) groups is 1. The van der Waals surface area contributed by atoms with Crippen molar-refractivity contribution in [2.75, 3.05) is 17.3 Å². The van der Waals surface area contributed by atoms with Gasteiger partial charge in [0, 0.05) is 10.2 Å². The molecule has 0 bridgehead atoms. The molecule has 0 radical (unpaired) electrons. The van der Waals surface area contributed by atoms with Gasteiger partial charge in [-0.3, -0.25) is 4.79 Å². The third-order valence-electron chi connectivity index (χ3n) is 1.75. The Morgan fingerprint density at radius 2 is 2.29 bits per heavy atom. The summed E-state index contributed by atoms with van der Waals surface area (Å²) in [5, 5.41) is 2.86. The maximum Gasteiger partial charge on any atom is 0.234 e. The molecule has 1 amide bonds. The second-order valence-corrected chi connectivity index (χ2v) is 4.72. The highest BCUT2D eigenvalue weighted by Crippen LogP contribution is 2.20. The fraction of sp³-hybridized carbons (Fsp3) is 0.300. The number of anilines is 1. The molecule has 0 saturated heterocycles. The molecule has 0 spiro atoms. The van der Waals surface area contributed by atoms with Crippen LogP contribution < -0.4 is 5.32 Å². The Morgan fingerprint density at radius 3 is 2.93 bits per heavy atom. The highest BCUT2D eigenvalue weighted by Gasteiger charge is 2.03. The standard InChI is InChI=1S/C10H12BrNOS/c1-7-3-4-8(11)5-9(7)12-10(13)6-14-2/h3-5H,6H2,1-2H3,(H,12,13). The maximum absolute atomic E-state index is 11.3. The normalized spacial score (nSPS) is 9.93. The van der Waals surface area contributed by atoms with E-state index in [1.165, 1.54) is 11.8 Å². The number of amides is 1. The molecule has 1 aromatic rings. The number of halogens is 1. The van der Waals surface area contributed by atoms with Crippen LogP contribution in [0, 0.1) is 6.92 Å². The smallest absolute Gasteiger partial charge is 0.234 e. The molecule has 1 N–H and O–H groups in total. The Bertz CT molecular complexity index is 341. The number of carbonyl (C=O) groups excluding carboxylic acids is 1. The van der Waals surface area contributed by atoms with Gasteiger partial charge in [0.25, 0.3) is 0 Å². The van der Waals surface area contributed by atoms with Gasteiger partial charge in [0.2, 0.25) is 5.91 Å². The second-order valence-electron chi connectivity index (χ2n) is 2.94. The summed E-state index contributed by atoms with van der Waals surface area (Å²) in [6.07, 6.45) is 1.91. The van der Waals surface area contributed by atoms with Crippen LogP contribution in [0.2, 0.25) is 0 Å². The van der Waals surface area contributed by atoms with Crippen molar-refractivity contribution in [3.05, 3.63) is 28.2 Å². The van der Waals surface area contributed by atoms with Crippen molar-refractivity contribution in [3.8, 4) is 0 Å². The van der Waals surface area contributed by atoms with Gasteiger partial charge in [-0.25, -0.2) is 0 Å². The first-order chi connectivity index (χ1) is 6.63. The molecule has 4 heteroatoms. The predicted octanol–water partition coefficient (Wildman–Crippen LogP) is 3.06. The van der Waals surface area contributed by atoms with Crippen LogP contribution >= 0.6 is 27.7 Å². The van der Waals surface area contributed by atoms with Gasteiger partial charge < -0.3 is 5.32 Å². The molecule has 0 heterocycles. The van der Waals surface area contributed by atoms with Crippen molar-refractivity contribution in [2.45, 2.75) is 6.92 Å². The lowest BCUT2D eigenvalue weighted by atomic mass is 10.2. The van der Waals surface area contributed by atoms with Crippen LogP contribution in [0.3, 0.4) is 0 Å². The molecule has 76 valence electrons. The average molecular weight is 274 g/mol. The van der Waals surface area contributed by atoms with Crippen molar-refractivity contribution in [1.29, 1.82) is 0 Å². The molecule has 2 nitrogen and oxygen atoms in total. The van der Waals surface area contributed by atoms with Crippen LogP contribution in [-0.4, -0.2) is 17.9 Å². The summed E-state index contributed by atoms with van der Waals surface area (Å²) >= 11 is 4.88. The topological polar surface area (TPSA) is 29.1 Å². The van der Waals surface area contributed by atoms with Crippen molar-refractivity contribution < 1.29 is 4.79 Å². The van der Waals surface area contributed by atoms with Crippen LogP contribution in [-0.2, 0) is 4.79 Å². The van der Waals surface area contributed by atoms with Crippen molar-refractivity contribution in [1.82, 2.24) is 0 Å². The number of benzene rings is 1. The van der Waals surface area contributed by atoms with Crippen molar-refractivity contribution in [2.24, 2.45) is 0 Å². The summed E-state index contributed by atoms with van der Waals surface area (Å²) in [7, 11) is 0. The third kappa shape index (κ3) is 3.35. The van der Waals surface area contributed by atoms with E-state index in [-0.39, 0.29) is 5.91 Å². The fourth-order valence-electron chi connectivity index (χ4n) is 1.05. The van der Waals surface area contributed by atoms with Gasteiger partial charge in [0.15, 0.2) is 0 Å². The van der Waals surface area contributed by atoms with Gasteiger partial charge in [0.05, 0.1) is 5.75 Å². The minimum atomic E-state index is 0.0405. The van der Waals surface area contributed by atoms with Gasteiger partial charge in [-0.2, -0.15) is 11.8 Å². The number of thioether (sulfide) groups is 1. The Labute approximate surface area is 96.6 Å². The lowest BCUT2D eigenvalue weighted by Crippen LogP contribution is -2.14. The number of nitrogens with one attached hydrogen (secondary N) is 1. The maximum atomic E-state index is 11.3. The number of rotatable bonds is 3. The zero-order valence-electron chi connectivity index (χ0n) is 8.13. The molecule has 0 aliphatic carbocycles. The number of aryl methyl sites for hydroxylation is 1. The average Bonchev–Trinajstić information content (AvgIpc) is 2.12. The lowest BCUT2D eigenvalue weighted by Gasteiger charge is -2.07. The molecule has 0 aliphatic rings. The van der Waals surface area contributed by atoms with Crippen LogP contribution in [0.1, 0.15) is 5.56 Å². The zero-order valence-corrected chi connectivity index (χ0v) is 10.5.